The molecular weight excluding hydrogens is 300 g/mol. The number of nitriles is 1. The molecule has 0 aromatic heterocycles. The third kappa shape index (κ3) is 3.28. The summed E-state index contributed by atoms with van der Waals surface area (Å²) >= 11 is 1.73. The summed E-state index contributed by atoms with van der Waals surface area (Å²) in [7, 11) is 0. The van der Waals surface area contributed by atoms with Gasteiger partial charge in [-0.15, -0.1) is 11.8 Å². The van der Waals surface area contributed by atoms with Crippen molar-refractivity contribution >= 4 is 11.8 Å². The van der Waals surface area contributed by atoms with Gasteiger partial charge in [0.15, 0.2) is 0 Å². The Labute approximate surface area is 142 Å². The van der Waals surface area contributed by atoms with E-state index >= 15 is 0 Å². The van der Waals surface area contributed by atoms with Crippen LogP contribution in [0.1, 0.15) is 29.9 Å². The minimum Gasteiger partial charge on any atom is -0.378 e. The summed E-state index contributed by atoms with van der Waals surface area (Å²) in [4.78, 5) is 0. The summed E-state index contributed by atoms with van der Waals surface area (Å²) in [5.74, 6) is 1.35. The van der Waals surface area contributed by atoms with Gasteiger partial charge in [-0.1, -0.05) is 67.6 Å². The van der Waals surface area contributed by atoms with Gasteiger partial charge in [-0.2, -0.15) is 5.26 Å². The second kappa shape index (κ2) is 7.39. The van der Waals surface area contributed by atoms with Crippen LogP contribution in [0.2, 0.25) is 0 Å². The molecule has 1 aliphatic heterocycles. The monoisotopic (exact) mass is 320 g/mol. The predicted molar refractivity (Wildman–Crippen MR) is 97.1 cm³/mol. The molecule has 116 valence electrons. The van der Waals surface area contributed by atoms with E-state index in [4.69, 9.17) is 0 Å². The maximum Gasteiger partial charge on any atom is 0.0981 e. The lowest BCUT2D eigenvalue weighted by molar-refractivity contribution is 0.543. The van der Waals surface area contributed by atoms with Crippen LogP contribution >= 0.6 is 11.8 Å². The van der Waals surface area contributed by atoms with Crippen LogP contribution in [0.25, 0.3) is 0 Å². The fourth-order valence-electron chi connectivity index (χ4n) is 3.22. The van der Waals surface area contributed by atoms with Crippen LogP contribution in [0.3, 0.4) is 0 Å². The van der Waals surface area contributed by atoms with E-state index in [1.54, 1.807) is 11.8 Å². The van der Waals surface area contributed by atoms with E-state index in [9.17, 15) is 5.26 Å². The van der Waals surface area contributed by atoms with Gasteiger partial charge in [0.05, 0.1) is 16.7 Å². The molecule has 0 aliphatic carbocycles. The SMILES string of the molecule is CCSC1=C(C#N)[C@@H](c2ccccc2)[C@@H](c2ccccc2)CN1. The molecule has 0 fully saturated rings. The highest BCUT2D eigenvalue weighted by Gasteiger charge is 2.34. The van der Waals surface area contributed by atoms with Gasteiger partial charge in [0.1, 0.15) is 0 Å². The van der Waals surface area contributed by atoms with Crippen molar-refractivity contribution in [1.82, 2.24) is 5.32 Å². The van der Waals surface area contributed by atoms with Gasteiger partial charge < -0.3 is 5.32 Å². The number of hydrogen-bond acceptors (Lipinski definition) is 3. The van der Waals surface area contributed by atoms with Crippen molar-refractivity contribution in [3.8, 4) is 6.07 Å². The quantitative estimate of drug-likeness (QED) is 0.891. The van der Waals surface area contributed by atoms with Crippen molar-refractivity contribution in [2.75, 3.05) is 12.3 Å². The zero-order valence-corrected chi connectivity index (χ0v) is 14.0. The molecule has 0 bridgehead atoms. The lowest BCUT2D eigenvalue weighted by Crippen LogP contribution is -2.32. The zero-order valence-electron chi connectivity index (χ0n) is 13.2. The summed E-state index contributed by atoms with van der Waals surface area (Å²) in [6.07, 6.45) is 0. The van der Waals surface area contributed by atoms with Crippen LogP contribution < -0.4 is 5.32 Å². The van der Waals surface area contributed by atoms with Crippen molar-refractivity contribution in [3.63, 3.8) is 0 Å². The molecule has 0 radical (unpaired) electrons. The van der Waals surface area contributed by atoms with E-state index in [1.807, 2.05) is 12.1 Å². The number of hydrogen-bond donors (Lipinski definition) is 1. The first kappa shape index (κ1) is 15.7. The summed E-state index contributed by atoms with van der Waals surface area (Å²) in [5.41, 5.74) is 3.36. The molecule has 0 saturated heterocycles. The van der Waals surface area contributed by atoms with E-state index < -0.39 is 0 Å². The molecule has 0 unspecified atom stereocenters. The Morgan fingerprint density at radius 3 is 2.22 bits per heavy atom. The smallest absolute Gasteiger partial charge is 0.0981 e. The Hall–Kier alpha value is -2.18. The van der Waals surface area contributed by atoms with Gasteiger partial charge in [-0.3, -0.25) is 0 Å². The van der Waals surface area contributed by atoms with Crippen LogP contribution in [0.15, 0.2) is 71.3 Å². The Kier molecular flexibility index (Phi) is 5.05. The third-order valence-electron chi connectivity index (χ3n) is 4.24. The number of rotatable bonds is 4. The van der Waals surface area contributed by atoms with Gasteiger partial charge in [0, 0.05) is 18.4 Å². The Bertz CT molecular complexity index is 716. The average molecular weight is 320 g/mol. The fraction of sp³-hybridized carbons (Fsp3) is 0.250. The first-order valence-electron chi connectivity index (χ1n) is 7.96. The van der Waals surface area contributed by atoms with Crippen LogP contribution in [-0.2, 0) is 0 Å². The van der Waals surface area contributed by atoms with Crippen LogP contribution in [0, 0.1) is 11.3 Å². The van der Waals surface area contributed by atoms with E-state index in [0.29, 0.717) is 0 Å². The molecule has 2 aromatic carbocycles. The second-order valence-corrected chi connectivity index (χ2v) is 6.85. The van der Waals surface area contributed by atoms with E-state index in [1.165, 1.54) is 11.1 Å². The number of allylic oxidation sites excluding steroid dienone is 1. The molecular formula is C20H20N2S. The van der Waals surface area contributed by atoms with Gasteiger partial charge in [0.25, 0.3) is 0 Å². The number of nitrogens with one attached hydrogen (secondary N) is 1. The fourth-order valence-corrected chi connectivity index (χ4v) is 4.02. The van der Waals surface area contributed by atoms with Crippen LogP contribution in [-0.4, -0.2) is 12.3 Å². The van der Waals surface area contributed by atoms with Gasteiger partial charge >= 0.3 is 0 Å². The Morgan fingerprint density at radius 2 is 1.65 bits per heavy atom. The maximum atomic E-state index is 9.82. The Morgan fingerprint density at radius 1 is 1.04 bits per heavy atom. The first-order chi connectivity index (χ1) is 11.3. The molecule has 23 heavy (non-hydrogen) atoms. The molecule has 3 rings (SSSR count). The van der Waals surface area contributed by atoms with Crippen molar-refractivity contribution in [1.29, 1.82) is 5.26 Å². The van der Waals surface area contributed by atoms with Crippen LogP contribution in [0.4, 0.5) is 0 Å². The molecule has 0 spiro atoms. The summed E-state index contributed by atoms with van der Waals surface area (Å²) in [5, 5.41) is 14.4. The summed E-state index contributed by atoms with van der Waals surface area (Å²) in [6, 6.07) is 23.4. The molecule has 0 saturated carbocycles. The predicted octanol–water partition coefficient (Wildman–Crippen LogP) is 4.65. The highest BCUT2D eigenvalue weighted by atomic mass is 32.2. The molecule has 1 heterocycles. The van der Waals surface area contributed by atoms with Crippen LogP contribution in [0.5, 0.6) is 0 Å². The van der Waals surface area contributed by atoms with Crippen molar-refractivity contribution < 1.29 is 0 Å². The van der Waals surface area contributed by atoms with Gasteiger partial charge in [0.2, 0.25) is 0 Å². The largest absolute Gasteiger partial charge is 0.378 e. The van der Waals surface area contributed by atoms with E-state index in [2.05, 4.69) is 66.8 Å². The van der Waals surface area contributed by atoms with Crippen molar-refractivity contribution in [3.05, 3.63) is 82.4 Å². The molecule has 2 nitrogen and oxygen atoms in total. The Balaban J connectivity index is 2.10. The van der Waals surface area contributed by atoms with E-state index in [-0.39, 0.29) is 11.8 Å². The first-order valence-corrected chi connectivity index (χ1v) is 8.94. The van der Waals surface area contributed by atoms with Gasteiger partial charge in [-0.05, 0) is 16.9 Å². The minimum absolute atomic E-state index is 0.110. The maximum absolute atomic E-state index is 9.82. The number of thioether (sulfide) groups is 1. The molecule has 1 N–H and O–H groups in total. The molecule has 0 amide bonds. The second-order valence-electron chi connectivity index (χ2n) is 5.57. The summed E-state index contributed by atoms with van der Waals surface area (Å²) < 4.78 is 0. The summed E-state index contributed by atoms with van der Waals surface area (Å²) in [6.45, 7) is 2.98. The molecule has 1 aliphatic rings. The topological polar surface area (TPSA) is 35.8 Å². The molecule has 2 atom stereocenters. The molecule has 2 aromatic rings. The lowest BCUT2D eigenvalue weighted by atomic mass is 9.76. The highest BCUT2D eigenvalue weighted by Crippen LogP contribution is 2.43. The number of benzene rings is 2. The minimum atomic E-state index is 0.110. The van der Waals surface area contributed by atoms with Crippen molar-refractivity contribution in [2.45, 2.75) is 18.8 Å². The lowest BCUT2D eigenvalue weighted by Gasteiger charge is -2.34. The third-order valence-corrected chi connectivity index (χ3v) is 5.18. The standard InChI is InChI=1S/C20H20N2S/c1-2-23-20-17(13-21)19(16-11-7-4-8-12-16)18(14-22-20)15-9-5-3-6-10-15/h3-12,18-19,22H,2,14H2,1H3/t18-,19-/m1/s1. The van der Waals surface area contributed by atoms with Gasteiger partial charge in [-0.25, -0.2) is 0 Å². The van der Waals surface area contributed by atoms with E-state index in [0.717, 1.165) is 22.9 Å². The number of nitrogens with zero attached hydrogens (tertiary/aromatic N) is 1. The zero-order chi connectivity index (χ0) is 16.1. The average Bonchev–Trinajstić information content (AvgIpc) is 2.63. The molecule has 3 heteroatoms. The van der Waals surface area contributed by atoms with Crippen molar-refractivity contribution in [2.24, 2.45) is 0 Å². The normalized spacial score (nSPS) is 20.7. The highest BCUT2D eigenvalue weighted by molar-refractivity contribution is 8.03.